The molecule has 3 heterocycles. The molecule has 1 aliphatic rings. The average Bonchev–Trinajstić information content (AvgIpc) is 3.21. The van der Waals surface area contributed by atoms with E-state index in [1.54, 1.807) is 6.20 Å². The van der Waals surface area contributed by atoms with E-state index in [4.69, 9.17) is 4.52 Å². The van der Waals surface area contributed by atoms with Crippen LogP contribution in [0.25, 0.3) is 0 Å². The molecule has 0 radical (unpaired) electrons. The second-order valence-corrected chi connectivity index (χ2v) is 6.02. The minimum Gasteiger partial charge on any atom is -0.361 e. The van der Waals surface area contributed by atoms with Crippen LogP contribution in [0.5, 0.6) is 0 Å². The molecule has 0 aliphatic carbocycles. The molecular weight excluding hydrogens is 280 g/mol. The number of hydrogen-bond donors (Lipinski definition) is 0. The Kier molecular flexibility index (Phi) is 4.00. The molecule has 1 amide bonds. The lowest BCUT2D eigenvalue weighted by atomic mass is 9.97. The number of nitrogens with zero attached hydrogens (tertiary/aromatic N) is 4. The number of aromatic nitrogens is 3. The Bertz CT molecular complexity index is 628. The van der Waals surface area contributed by atoms with E-state index in [9.17, 15) is 4.79 Å². The molecular formula is C16H22N4O2. The van der Waals surface area contributed by atoms with Gasteiger partial charge in [0.1, 0.15) is 5.76 Å². The van der Waals surface area contributed by atoms with Gasteiger partial charge in [-0.1, -0.05) is 5.16 Å². The van der Waals surface area contributed by atoms with Crippen molar-refractivity contribution in [3.8, 4) is 0 Å². The van der Waals surface area contributed by atoms with Gasteiger partial charge >= 0.3 is 0 Å². The number of hydrogen-bond acceptors (Lipinski definition) is 4. The van der Waals surface area contributed by atoms with Gasteiger partial charge in [-0.15, -0.1) is 0 Å². The third-order valence-electron chi connectivity index (χ3n) is 4.51. The molecule has 2 aromatic rings. The number of rotatable bonds is 4. The molecule has 1 saturated heterocycles. The predicted molar refractivity (Wildman–Crippen MR) is 81.4 cm³/mol. The van der Waals surface area contributed by atoms with Crippen LogP contribution in [0.15, 0.2) is 23.0 Å². The topological polar surface area (TPSA) is 64.2 Å². The predicted octanol–water partition coefficient (Wildman–Crippen LogP) is 2.28. The van der Waals surface area contributed by atoms with Crippen molar-refractivity contribution in [1.82, 2.24) is 19.8 Å². The van der Waals surface area contributed by atoms with Crippen LogP contribution in [0.2, 0.25) is 0 Å². The summed E-state index contributed by atoms with van der Waals surface area (Å²) in [5, 5.41) is 8.22. The highest BCUT2D eigenvalue weighted by Crippen LogP contribution is 2.28. The molecule has 0 unspecified atom stereocenters. The van der Waals surface area contributed by atoms with E-state index >= 15 is 0 Å². The fourth-order valence-electron chi connectivity index (χ4n) is 3.42. The van der Waals surface area contributed by atoms with Crippen molar-refractivity contribution in [1.29, 1.82) is 0 Å². The van der Waals surface area contributed by atoms with Crippen molar-refractivity contribution >= 4 is 5.91 Å². The second kappa shape index (κ2) is 5.94. The van der Waals surface area contributed by atoms with E-state index in [0.717, 1.165) is 42.9 Å². The molecule has 2 aromatic heterocycles. The van der Waals surface area contributed by atoms with Gasteiger partial charge < -0.3 is 9.42 Å². The largest absolute Gasteiger partial charge is 0.361 e. The summed E-state index contributed by atoms with van der Waals surface area (Å²) in [5.41, 5.74) is 1.73. The Balaban J connectivity index is 1.75. The molecule has 3 rings (SSSR count). The van der Waals surface area contributed by atoms with E-state index in [0.29, 0.717) is 0 Å². The van der Waals surface area contributed by atoms with Gasteiger partial charge in [0.05, 0.1) is 24.2 Å². The molecule has 1 aliphatic heterocycles. The Morgan fingerprint density at radius 2 is 2.32 bits per heavy atom. The van der Waals surface area contributed by atoms with Crippen molar-refractivity contribution in [3.05, 3.63) is 35.5 Å². The highest BCUT2D eigenvalue weighted by atomic mass is 16.5. The van der Waals surface area contributed by atoms with Crippen LogP contribution in [-0.2, 0) is 11.3 Å². The first-order chi connectivity index (χ1) is 10.6. The summed E-state index contributed by atoms with van der Waals surface area (Å²) < 4.78 is 7.11. The number of amides is 1. The van der Waals surface area contributed by atoms with Gasteiger partial charge in [0, 0.05) is 24.5 Å². The van der Waals surface area contributed by atoms with Gasteiger partial charge in [-0.25, -0.2) is 0 Å². The smallest absolute Gasteiger partial charge is 0.230 e. The molecule has 1 fully saturated rings. The number of carbonyl (C=O) groups excluding carboxylic acids is 1. The van der Waals surface area contributed by atoms with Crippen LogP contribution in [0.4, 0.5) is 0 Å². The maximum Gasteiger partial charge on any atom is 0.230 e. The molecule has 6 nitrogen and oxygen atoms in total. The zero-order valence-corrected chi connectivity index (χ0v) is 13.3. The lowest BCUT2D eigenvalue weighted by molar-refractivity contribution is -0.133. The molecule has 0 saturated carbocycles. The fraction of sp³-hybridized carbons (Fsp3) is 0.562. The van der Waals surface area contributed by atoms with E-state index in [1.807, 2.05) is 42.6 Å². The summed E-state index contributed by atoms with van der Waals surface area (Å²) in [4.78, 5) is 14.9. The number of carbonyl (C=O) groups is 1. The van der Waals surface area contributed by atoms with Crippen molar-refractivity contribution in [2.24, 2.45) is 0 Å². The van der Waals surface area contributed by atoms with E-state index < -0.39 is 0 Å². The third kappa shape index (κ3) is 2.65. The monoisotopic (exact) mass is 302 g/mol. The van der Waals surface area contributed by atoms with Gasteiger partial charge in [0.25, 0.3) is 0 Å². The minimum atomic E-state index is -0.218. The average molecular weight is 302 g/mol. The Hall–Kier alpha value is -2.11. The highest BCUT2D eigenvalue weighted by Gasteiger charge is 2.34. The van der Waals surface area contributed by atoms with E-state index in [2.05, 4.69) is 10.3 Å². The summed E-state index contributed by atoms with van der Waals surface area (Å²) in [6, 6.07) is 2.13. The first kappa shape index (κ1) is 14.8. The van der Waals surface area contributed by atoms with E-state index in [1.165, 1.54) is 0 Å². The number of likely N-dealkylation sites (tertiary alicyclic amines) is 1. The highest BCUT2D eigenvalue weighted by molar-refractivity contribution is 5.84. The maximum absolute atomic E-state index is 12.9. The van der Waals surface area contributed by atoms with Crippen molar-refractivity contribution in [3.63, 3.8) is 0 Å². The summed E-state index contributed by atoms with van der Waals surface area (Å²) in [5.74, 6) is 0.676. The summed E-state index contributed by atoms with van der Waals surface area (Å²) >= 11 is 0. The summed E-state index contributed by atoms with van der Waals surface area (Å²) in [6.45, 7) is 7.27. The fourth-order valence-corrected chi connectivity index (χ4v) is 3.42. The number of aryl methyl sites for hydroxylation is 2. The lowest BCUT2D eigenvalue weighted by Gasteiger charge is -2.27. The lowest BCUT2D eigenvalue weighted by Crippen LogP contribution is -2.40. The van der Waals surface area contributed by atoms with Crippen LogP contribution < -0.4 is 0 Å². The van der Waals surface area contributed by atoms with Crippen LogP contribution in [0.1, 0.15) is 42.7 Å². The van der Waals surface area contributed by atoms with Gasteiger partial charge in [0.2, 0.25) is 5.91 Å². The Labute approximate surface area is 130 Å². The third-order valence-corrected chi connectivity index (χ3v) is 4.51. The normalized spacial score (nSPS) is 19.6. The van der Waals surface area contributed by atoms with Crippen molar-refractivity contribution in [2.75, 3.05) is 6.54 Å². The standard InChI is InChI=1S/C16H22N4O2/c1-11(15-12(2)18-22-13(15)3)16(21)20-9-4-6-14(20)10-19-8-5-7-17-19/h5,7-8,11,14H,4,6,9-10H2,1-3H3/t11-,14+/m0/s1. The maximum atomic E-state index is 12.9. The summed E-state index contributed by atoms with van der Waals surface area (Å²) in [7, 11) is 0. The molecule has 0 N–H and O–H groups in total. The van der Waals surface area contributed by atoms with Crippen LogP contribution in [-0.4, -0.2) is 38.3 Å². The molecule has 118 valence electrons. The van der Waals surface area contributed by atoms with Crippen LogP contribution in [0.3, 0.4) is 0 Å². The van der Waals surface area contributed by atoms with Crippen LogP contribution >= 0.6 is 0 Å². The Morgan fingerprint density at radius 1 is 1.50 bits per heavy atom. The molecule has 0 aromatic carbocycles. The molecule has 0 bridgehead atoms. The summed E-state index contributed by atoms with van der Waals surface area (Å²) in [6.07, 6.45) is 5.79. The van der Waals surface area contributed by atoms with Gasteiger partial charge in [-0.3, -0.25) is 9.48 Å². The minimum absolute atomic E-state index is 0.157. The molecule has 6 heteroatoms. The van der Waals surface area contributed by atoms with Gasteiger partial charge in [-0.2, -0.15) is 5.10 Å². The Morgan fingerprint density at radius 3 is 2.95 bits per heavy atom. The zero-order valence-electron chi connectivity index (χ0n) is 13.3. The zero-order chi connectivity index (χ0) is 15.7. The molecule has 2 atom stereocenters. The first-order valence-corrected chi connectivity index (χ1v) is 7.78. The van der Waals surface area contributed by atoms with Gasteiger partial charge in [-0.05, 0) is 39.7 Å². The quantitative estimate of drug-likeness (QED) is 0.869. The van der Waals surface area contributed by atoms with E-state index in [-0.39, 0.29) is 17.9 Å². The molecule has 22 heavy (non-hydrogen) atoms. The molecule has 0 spiro atoms. The first-order valence-electron chi connectivity index (χ1n) is 7.78. The van der Waals surface area contributed by atoms with Crippen molar-refractivity contribution < 1.29 is 9.32 Å². The second-order valence-electron chi connectivity index (χ2n) is 6.02. The van der Waals surface area contributed by atoms with Crippen LogP contribution in [0, 0.1) is 13.8 Å². The van der Waals surface area contributed by atoms with Crippen molar-refractivity contribution in [2.45, 2.75) is 52.1 Å². The SMILES string of the molecule is Cc1noc(C)c1[C@H](C)C(=O)N1CCC[C@@H]1Cn1cccn1. The van der Waals surface area contributed by atoms with Gasteiger partial charge in [0.15, 0.2) is 0 Å².